The van der Waals surface area contributed by atoms with Crippen molar-refractivity contribution in [2.24, 2.45) is 0 Å². The maximum Gasteiger partial charge on any atom is 0.489 e. The number of hydrogen-bond acceptors (Lipinski definition) is 8. The zero-order valence-electron chi connectivity index (χ0n) is 19.1. The van der Waals surface area contributed by atoms with Gasteiger partial charge in [-0.3, -0.25) is 4.79 Å². The largest absolute Gasteiger partial charge is 0.497 e. The van der Waals surface area contributed by atoms with Gasteiger partial charge in [0.2, 0.25) is 0 Å². The fourth-order valence-electron chi connectivity index (χ4n) is 3.94. The molecule has 178 valence electrons. The van der Waals surface area contributed by atoms with Crippen molar-refractivity contribution < 1.29 is 29.1 Å². The number of carbonyl (C=O) groups is 1. The van der Waals surface area contributed by atoms with Gasteiger partial charge in [0, 0.05) is 45.0 Å². The molecule has 1 aliphatic heterocycles. The van der Waals surface area contributed by atoms with Gasteiger partial charge in [0.15, 0.2) is 6.79 Å². The quantitative estimate of drug-likeness (QED) is 0.375. The average molecular weight is 482 g/mol. The molecular weight excluding hydrogens is 455 g/mol. The number of piperazine rings is 1. The van der Waals surface area contributed by atoms with Crippen molar-refractivity contribution in [3.05, 3.63) is 59.5 Å². The lowest BCUT2D eigenvalue weighted by atomic mass is 9.76. The number of rotatable bonds is 8. The topological polar surface area (TPSA) is 91.7 Å². The Labute approximate surface area is 203 Å². The smallest absolute Gasteiger partial charge is 0.489 e. The normalized spacial score (nSPS) is 13.6. The van der Waals surface area contributed by atoms with Gasteiger partial charge in [0.1, 0.15) is 11.5 Å². The van der Waals surface area contributed by atoms with E-state index in [2.05, 4.69) is 4.90 Å². The fraction of sp³-hybridized carbons (Fsp3) is 0.292. The Morgan fingerprint density at radius 1 is 1.03 bits per heavy atom. The SMILES string of the molecule is COCOc1cc(C(=O)N2CCN(c3ccc(OC)cc3)CC2)sc1-c1ccccc1B(O)O. The first kappa shape index (κ1) is 24.1. The molecule has 1 saturated heterocycles. The Bertz CT molecular complexity index is 1110. The van der Waals surface area contributed by atoms with Crippen LogP contribution in [0.3, 0.4) is 0 Å². The number of ether oxygens (including phenoxy) is 3. The zero-order valence-corrected chi connectivity index (χ0v) is 20.0. The van der Waals surface area contributed by atoms with Crippen molar-refractivity contribution in [3.8, 4) is 21.9 Å². The van der Waals surface area contributed by atoms with Crippen LogP contribution in [-0.2, 0) is 4.74 Å². The number of carbonyl (C=O) groups excluding carboxylic acids is 1. The van der Waals surface area contributed by atoms with Gasteiger partial charge in [-0.05, 0) is 35.3 Å². The predicted octanol–water partition coefficient (Wildman–Crippen LogP) is 2.05. The number of methoxy groups -OCH3 is 2. The third-order valence-electron chi connectivity index (χ3n) is 5.73. The molecule has 2 heterocycles. The van der Waals surface area contributed by atoms with Crippen LogP contribution in [0.25, 0.3) is 10.4 Å². The molecule has 2 N–H and O–H groups in total. The second kappa shape index (κ2) is 10.9. The van der Waals surface area contributed by atoms with Gasteiger partial charge in [0.25, 0.3) is 5.91 Å². The molecule has 0 spiro atoms. The Balaban J connectivity index is 1.52. The second-order valence-corrected chi connectivity index (χ2v) is 8.85. The van der Waals surface area contributed by atoms with Crippen LogP contribution in [0, 0.1) is 0 Å². The highest BCUT2D eigenvalue weighted by atomic mass is 32.1. The summed E-state index contributed by atoms with van der Waals surface area (Å²) in [6.45, 7) is 2.66. The Hall–Kier alpha value is -3.05. The van der Waals surface area contributed by atoms with E-state index in [-0.39, 0.29) is 12.7 Å². The fourth-order valence-corrected chi connectivity index (χ4v) is 5.06. The van der Waals surface area contributed by atoms with E-state index in [1.54, 1.807) is 37.4 Å². The molecule has 0 aliphatic carbocycles. The van der Waals surface area contributed by atoms with Gasteiger partial charge in [0.05, 0.1) is 16.9 Å². The summed E-state index contributed by atoms with van der Waals surface area (Å²) in [6, 6.07) is 16.6. The standard InChI is InChI=1S/C24H27BN2O6S/c1-31-16-33-21-15-22(34-23(21)19-5-3-4-6-20(19)25(29)30)24(28)27-13-11-26(12-14-27)17-7-9-18(32-2)10-8-17/h3-10,15,29-30H,11-14,16H2,1-2H3. The van der Waals surface area contributed by atoms with E-state index in [9.17, 15) is 14.8 Å². The minimum Gasteiger partial charge on any atom is -0.497 e. The number of nitrogens with zero attached hydrogens (tertiary/aromatic N) is 2. The molecule has 1 amide bonds. The van der Waals surface area contributed by atoms with Crippen molar-refractivity contribution in [3.63, 3.8) is 0 Å². The van der Waals surface area contributed by atoms with E-state index in [0.717, 1.165) is 24.5 Å². The summed E-state index contributed by atoms with van der Waals surface area (Å²) in [7, 11) is 1.52. The molecule has 0 atom stereocenters. The summed E-state index contributed by atoms with van der Waals surface area (Å²) in [6.07, 6.45) is 0. The average Bonchev–Trinajstić information content (AvgIpc) is 3.31. The van der Waals surface area contributed by atoms with E-state index >= 15 is 0 Å². The van der Waals surface area contributed by atoms with E-state index in [1.165, 1.54) is 18.4 Å². The predicted molar refractivity (Wildman–Crippen MR) is 133 cm³/mol. The van der Waals surface area contributed by atoms with Gasteiger partial charge in [-0.2, -0.15) is 0 Å². The van der Waals surface area contributed by atoms with Gasteiger partial charge in [-0.15, -0.1) is 11.3 Å². The number of anilines is 1. The summed E-state index contributed by atoms with van der Waals surface area (Å²) < 4.78 is 16.0. The highest BCUT2D eigenvalue weighted by Crippen LogP contribution is 2.38. The molecule has 0 radical (unpaired) electrons. The first-order valence-corrected chi connectivity index (χ1v) is 11.7. The highest BCUT2D eigenvalue weighted by molar-refractivity contribution is 7.18. The van der Waals surface area contributed by atoms with Gasteiger partial charge < -0.3 is 34.1 Å². The maximum absolute atomic E-state index is 13.3. The summed E-state index contributed by atoms with van der Waals surface area (Å²) in [5.74, 6) is 1.21. The molecule has 0 unspecified atom stereocenters. The van der Waals surface area contributed by atoms with Crippen LogP contribution in [0.4, 0.5) is 5.69 Å². The van der Waals surface area contributed by atoms with Crippen molar-refractivity contribution in [1.29, 1.82) is 0 Å². The zero-order chi connectivity index (χ0) is 24.1. The molecule has 1 aromatic heterocycles. The lowest BCUT2D eigenvalue weighted by Gasteiger charge is -2.36. The van der Waals surface area contributed by atoms with E-state index in [4.69, 9.17) is 14.2 Å². The van der Waals surface area contributed by atoms with Crippen LogP contribution < -0.4 is 19.8 Å². The molecule has 2 aromatic carbocycles. The Morgan fingerprint density at radius 2 is 1.74 bits per heavy atom. The number of amides is 1. The van der Waals surface area contributed by atoms with Crippen LogP contribution in [0.5, 0.6) is 11.5 Å². The summed E-state index contributed by atoms with van der Waals surface area (Å²) in [4.78, 5) is 18.6. The first-order valence-electron chi connectivity index (χ1n) is 10.9. The van der Waals surface area contributed by atoms with E-state index in [1.807, 2.05) is 29.2 Å². The van der Waals surface area contributed by atoms with Crippen LogP contribution in [0.1, 0.15) is 9.67 Å². The third kappa shape index (κ3) is 5.20. The molecule has 8 nitrogen and oxygen atoms in total. The Morgan fingerprint density at radius 3 is 2.38 bits per heavy atom. The molecule has 0 bridgehead atoms. The minimum absolute atomic E-state index is 0.0156. The van der Waals surface area contributed by atoms with Crippen LogP contribution in [0.2, 0.25) is 0 Å². The summed E-state index contributed by atoms with van der Waals surface area (Å²) >= 11 is 1.28. The second-order valence-electron chi connectivity index (χ2n) is 7.79. The van der Waals surface area contributed by atoms with Crippen LogP contribution in [0.15, 0.2) is 54.6 Å². The lowest BCUT2D eigenvalue weighted by Crippen LogP contribution is -2.48. The van der Waals surface area contributed by atoms with Crippen molar-refractivity contribution in [2.45, 2.75) is 0 Å². The van der Waals surface area contributed by atoms with E-state index in [0.29, 0.717) is 39.6 Å². The Kier molecular flexibility index (Phi) is 7.74. The molecule has 0 saturated carbocycles. The van der Waals surface area contributed by atoms with Crippen molar-refractivity contribution >= 4 is 35.5 Å². The van der Waals surface area contributed by atoms with Gasteiger partial charge in [-0.1, -0.05) is 24.3 Å². The van der Waals surface area contributed by atoms with Gasteiger partial charge in [-0.25, -0.2) is 0 Å². The summed E-state index contributed by atoms with van der Waals surface area (Å²) in [5, 5.41) is 19.6. The highest BCUT2D eigenvalue weighted by Gasteiger charge is 2.27. The molecular formula is C24H27BN2O6S. The van der Waals surface area contributed by atoms with Crippen LogP contribution in [-0.4, -0.2) is 75.2 Å². The molecule has 10 heteroatoms. The number of benzene rings is 2. The number of thiophene rings is 1. The minimum atomic E-state index is -1.64. The molecule has 1 aliphatic rings. The first-order chi connectivity index (χ1) is 16.5. The summed E-state index contributed by atoms with van der Waals surface area (Å²) in [5.41, 5.74) is 2.05. The number of hydrogen-bond donors (Lipinski definition) is 2. The monoisotopic (exact) mass is 482 g/mol. The maximum atomic E-state index is 13.3. The molecule has 1 fully saturated rings. The van der Waals surface area contributed by atoms with Crippen molar-refractivity contribution in [1.82, 2.24) is 4.90 Å². The molecule has 4 rings (SSSR count). The molecule has 34 heavy (non-hydrogen) atoms. The van der Waals surface area contributed by atoms with Crippen molar-refractivity contribution in [2.75, 3.05) is 52.1 Å². The van der Waals surface area contributed by atoms with E-state index < -0.39 is 7.12 Å². The molecule has 3 aromatic rings. The van der Waals surface area contributed by atoms with Gasteiger partial charge >= 0.3 is 7.12 Å². The van der Waals surface area contributed by atoms with Crippen LogP contribution >= 0.6 is 11.3 Å². The third-order valence-corrected chi connectivity index (χ3v) is 6.87. The lowest BCUT2D eigenvalue weighted by molar-refractivity contribution is 0.0516.